The Balaban J connectivity index is 1.96. The summed E-state index contributed by atoms with van der Waals surface area (Å²) in [5.41, 5.74) is 2.04. The Morgan fingerprint density at radius 1 is 1.31 bits per heavy atom. The zero-order chi connectivity index (χ0) is 19.1. The predicted molar refractivity (Wildman–Crippen MR) is 103 cm³/mol. The minimum Gasteiger partial charge on any atom is -0.494 e. The molecule has 0 spiro atoms. The molecule has 0 aromatic heterocycles. The highest BCUT2D eigenvalue weighted by Crippen LogP contribution is 2.21. The minimum absolute atomic E-state index is 0.140. The summed E-state index contributed by atoms with van der Waals surface area (Å²) in [6, 6.07) is 14.3. The predicted octanol–water partition coefficient (Wildman–Crippen LogP) is 4.07. The Bertz CT molecular complexity index is 800. The summed E-state index contributed by atoms with van der Waals surface area (Å²) < 4.78 is 5.44. The van der Waals surface area contributed by atoms with E-state index in [0.717, 1.165) is 11.3 Å². The quantitative estimate of drug-likeness (QED) is 0.796. The standard InChI is InChI=1S/C20H22ClN3O2/c1-4-26-18-9-5-15(6-10-18)13-24(3)14(2)20(25)23-17-8-7-16(12-22)19(21)11-17/h5-11,14H,4,13H2,1-3H3,(H,23,25)/t14-/m0/s1. The van der Waals surface area contributed by atoms with Crippen LogP contribution in [0.1, 0.15) is 25.0 Å². The number of benzene rings is 2. The van der Waals surface area contributed by atoms with Gasteiger partial charge in [-0.25, -0.2) is 0 Å². The number of ether oxygens (including phenoxy) is 1. The number of rotatable bonds is 7. The van der Waals surface area contributed by atoms with E-state index in [-0.39, 0.29) is 11.9 Å². The molecule has 5 nitrogen and oxygen atoms in total. The molecule has 0 saturated heterocycles. The molecule has 0 heterocycles. The molecule has 2 aromatic rings. The summed E-state index contributed by atoms with van der Waals surface area (Å²) >= 11 is 6.00. The van der Waals surface area contributed by atoms with Crippen LogP contribution in [0.15, 0.2) is 42.5 Å². The van der Waals surface area contributed by atoms with E-state index in [1.807, 2.05) is 56.1 Å². The lowest BCUT2D eigenvalue weighted by atomic mass is 10.1. The lowest BCUT2D eigenvalue weighted by Crippen LogP contribution is -2.39. The molecule has 0 unspecified atom stereocenters. The van der Waals surface area contributed by atoms with Crippen LogP contribution >= 0.6 is 11.6 Å². The average molecular weight is 372 g/mol. The number of hydrogen-bond donors (Lipinski definition) is 1. The van der Waals surface area contributed by atoms with Crippen molar-refractivity contribution < 1.29 is 9.53 Å². The van der Waals surface area contributed by atoms with Gasteiger partial charge in [0.15, 0.2) is 0 Å². The van der Waals surface area contributed by atoms with E-state index in [1.54, 1.807) is 18.2 Å². The average Bonchev–Trinajstić information content (AvgIpc) is 2.63. The van der Waals surface area contributed by atoms with Gasteiger partial charge in [0, 0.05) is 12.2 Å². The first-order valence-corrected chi connectivity index (χ1v) is 8.75. The zero-order valence-electron chi connectivity index (χ0n) is 15.1. The van der Waals surface area contributed by atoms with Crippen molar-refractivity contribution in [2.24, 2.45) is 0 Å². The largest absolute Gasteiger partial charge is 0.494 e. The molecule has 136 valence electrons. The summed E-state index contributed by atoms with van der Waals surface area (Å²) in [6.07, 6.45) is 0. The van der Waals surface area contributed by atoms with Gasteiger partial charge in [-0.05, 0) is 56.8 Å². The lowest BCUT2D eigenvalue weighted by molar-refractivity contribution is -0.120. The number of carbonyl (C=O) groups is 1. The topological polar surface area (TPSA) is 65.4 Å². The van der Waals surface area contributed by atoms with Gasteiger partial charge in [-0.2, -0.15) is 5.26 Å². The molecule has 1 N–H and O–H groups in total. The van der Waals surface area contributed by atoms with E-state index in [0.29, 0.717) is 29.4 Å². The Morgan fingerprint density at radius 2 is 2.00 bits per heavy atom. The van der Waals surface area contributed by atoms with Gasteiger partial charge >= 0.3 is 0 Å². The van der Waals surface area contributed by atoms with Gasteiger partial charge in [0.1, 0.15) is 11.8 Å². The van der Waals surface area contributed by atoms with Crippen molar-refractivity contribution in [3.05, 3.63) is 58.6 Å². The lowest BCUT2D eigenvalue weighted by Gasteiger charge is -2.24. The maximum absolute atomic E-state index is 12.5. The molecule has 2 rings (SSSR count). The second kappa shape index (κ2) is 9.23. The van der Waals surface area contributed by atoms with Gasteiger partial charge in [-0.15, -0.1) is 0 Å². The number of likely N-dealkylation sites (N-methyl/N-ethyl adjacent to an activating group) is 1. The van der Waals surface area contributed by atoms with E-state index in [1.165, 1.54) is 0 Å². The van der Waals surface area contributed by atoms with Crippen LogP contribution in [-0.2, 0) is 11.3 Å². The van der Waals surface area contributed by atoms with Crippen LogP contribution < -0.4 is 10.1 Å². The number of halogens is 1. The van der Waals surface area contributed by atoms with Crippen molar-refractivity contribution in [2.75, 3.05) is 19.0 Å². The molecule has 0 aliphatic carbocycles. The van der Waals surface area contributed by atoms with Crippen molar-refractivity contribution in [3.63, 3.8) is 0 Å². The van der Waals surface area contributed by atoms with Crippen LogP contribution in [0.4, 0.5) is 5.69 Å². The van der Waals surface area contributed by atoms with Crippen LogP contribution in [-0.4, -0.2) is 30.5 Å². The Kier molecular flexibility index (Phi) is 7.02. The Labute approximate surface area is 159 Å². The third-order valence-corrected chi connectivity index (χ3v) is 4.38. The molecule has 0 bridgehead atoms. The minimum atomic E-state index is -0.337. The molecule has 6 heteroatoms. The highest BCUT2D eigenvalue weighted by atomic mass is 35.5. The van der Waals surface area contributed by atoms with E-state index < -0.39 is 0 Å². The van der Waals surface area contributed by atoms with Gasteiger partial charge in [-0.3, -0.25) is 9.69 Å². The maximum Gasteiger partial charge on any atom is 0.241 e. The Hall–Kier alpha value is -2.55. The fourth-order valence-electron chi connectivity index (χ4n) is 2.41. The van der Waals surface area contributed by atoms with Crippen LogP contribution in [0.3, 0.4) is 0 Å². The second-order valence-electron chi connectivity index (χ2n) is 5.96. The first kappa shape index (κ1) is 19.8. The van der Waals surface area contributed by atoms with Gasteiger partial charge < -0.3 is 10.1 Å². The van der Waals surface area contributed by atoms with Crippen LogP contribution in [0.25, 0.3) is 0 Å². The monoisotopic (exact) mass is 371 g/mol. The first-order chi connectivity index (χ1) is 12.4. The molecule has 26 heavy (non-hydrogen) atoms. The van der Waals surface area contributed by atoms with Crippen LogP contribution in [0.2, 0.25) is 5.02 Å². The number of nitrogens with zero attached hydrogens (tertiary/aromatic N) is 2. The van der Waals surface area contributed by atoms with E-state index >= 15 is 0 Å². The molecule has 0 aliphatic rings. The fourth-order valence-corrected chi connectivity index (χ4v) is 2.64. The fraction of sp³-hybridized carbons (Fsp3) is 0.300. The van der Waals surface area contributed by atoms with Crippen molar-refractivity contribution in [3.8, 4) is 11.8 Å². The summed E-state index contributed by atoms with van der Waals surface area (Å²) in [6.45, 7) is 5.06. The highest BCUT2D eigenvalue weighted by molar-refractivity contribution is 6.32. The number of hydrogen-bond acceptors (Lipinski definition) is 4. The number of nitrogens with one attached hydrogen (secondary N) is 1. The second-order valence-corrected chi connectivity index (χ2v) is 6.37. The molecule has 2 aromatic carbocycles. The molecule has 1 amide bonds. The molecular weight excluding hydrogens is 350 g/mol. The van der Waals surface area contributed by atoms with Gasteiger partial charge in [0.25, 0.3) is 0 Å². The van der Waals surface area contributed by atoms with Gasteiger partial charge in [-0.1, -0.05) is 23.7 Å². The third-order valence-electron chi connectivity index (χ3n) is 4.06. The molecule has 0 fully saturated rings. The van der Waals surface area contributed by atoms with E-state index in [4.69, 9.17) is 21.6 Å². The van der Waals surface area contributed by atoms with Crippen molar-refractivity contribution >= 4 is 23.2 Å². The van der Waals surface area contributed by atoms with Crippen molar-refractivity contribution in [2.45, 2.75) is 26.4 Å². The SMILES string of the molecule is CCOc1ccc(CN(C)[C@@H](C)C(=O)Nc2ccc(C#N)c(Cl)c2)cc1. The zero-order valence-corrected chi connectivity index (χ0v) is 15.9. The van der Waals surface area contributed by atoms with E-state index in [2.05, 4.69) is 5.32 Å². The molecule has 0 saturated carbocycles. The summed E-state index contributed by atoms with van der Waals surface area (Å²) in [7, 11) is 1.90. The third kappa shape index (κ3) is 5.22. The van der Waals surface area contributed by atoms with Gasteiger partial charge in [0.05, 0.1) is 23.2 Å². The van der Waals surface area contributed by atoms with Crippen molar-refractivity contribution in [1.29, 1.82) is 5.26 Å². The van der Waals surface area contributed by atoms with Crippen LogP contribution in [0, 0.1) is 11.3 Å². The molecular formula is C20H22ClN3O2. The molecule has 0 aliphatic heterocycles. The smallest absolute Gasteiger partial charge is 0.241 e. The van der Waals surface area contributed by atoms with Crippen LogP contribution in [0.5, 0.6) is 5.75 Å². The molecule has 0 radical (unpaired) electrons. The van der Waals surface area contributed by atoms with Gasteiger partial charge in [0.2, 0.25) is 5.91 Å². The number of amides is 1. The summed E-state index contributed by atoms with van der Waals surface area (Å²) in [5.74, 6) is 0.696. The summed E-state index contributed by atoms with van der Waals surface area (Å²) in [4.78, 5) is 14.4. The number of anilines is 1. The normalized spacial score (nSPS) is 11.7. The molecule has 1 atom stereocenters. The van der Waals surface area contributed by atoms with Crippen molar-refractivity contribution in [1.82, 2.24) is 4.90 Å². The number of carbonyl (C=O) groups excluding carboxylic acids is 1. The highest BCUT2D eigenvalue weighted by Gasteiger charge is 2.18. The Morgan fingerprint density at radius 3 is 2.58 bits per heavy atom. The number of nitriles is 1. The summed E-state index contributed by atoms with van der Waals surface area (Å²) in [5, 5.41) is 12.1. The van der Waals surface area contributed by atoms with E-state index in [9.17, 15) is 4.79 Å². The maximum atomic E-state index is 12.5. The first-order valence-electron chi connectivity index (χ1n) is 8.37.